The van der Waals surface area contributed by atoms with E-state index in [1.807, 2.05) is 13.0 Å². The van der Waals surface area contributed by atoms with E-state index >= 15 is 0 Å². The summed E-state index contributed by atoms with van der Waals surface area (Å²) >= 11 is 0. The van der Waals surface area contributed by atoms with Crippen molar-refractivity contribution in [1.82, 2.24) is 0 Å². The summed E-state index contributed by atoms with van der Waals surface area (Å²) in [5.74, 6) is -0.508. The molecule has 0 radical (unpaired) electrons. The maximum atomic E-state index is 13.0. The third-order valence-corrected chi connectivity index (χ3v) is 4.13. The molecule has 0 atom stereocenters. The number of hydrogen-bond acceptors (Lipinski definition) is 5. The summed E-state index contributed by atoms with van der Waals surface area (Å²) in [6, 6.07) is 10.2. The first kappa shape index (κ1) is 17.5. The van der Waals surface area contributed by atoms with Crippen LogP contribution in [-0.4, -0.2) is 31.1 Å². The highest BCUT2D eigenvalue weighted by Crippen LogP contribution is 2.32. The Morgan fingerprint density at radius 1 is 1.04 bits per heavy atom. The first-order chi connectivity index (χ1) is 12.4. The second-order valence-corrected chi connectivity index (χ2v) is 5.88. The van der Waals surface area contributed by atoms with Crippen LogP contribution >= 0.6 is 0 Å². The summed E-state index contributed by atoms with van der Waals surface area (Å²) in [5.41, 5.74) is 2.14. The van der Waals surface area contributed by atoms with Crippen LogP contribution in [0.2, 0.25) is 0 Å². The molecule has 26 heavy (non-hydrogen) atoms. The van der Waals surface area contributed by atoms with Crippen molar-refractivity contribution in [3.05, 3.63) is 58.8 Å². The Hall–Kier alpha value is -3.28. The van der Waals surface area contributed by atoms with Gasteiger partial charge in [0.25, 0.3) is 0 Å². The van der Waals surface area contributed by atoms with E-state index in [9.17, 15) is 14.7 Å². The van der Waals surface area contributed by atoms with E-state index in [1.165, 1.54) is 14.2 Å². The number of aliphatic carboxylic acids is 1. The van der Waals surface area contributed by atoms with Gasteiger partial charge in [0.2, 0.25) is 5.78 Å². The van der Waals surface area contributed by atoms with Crippen molar-refractivity contribution in [2.24, 2.45) is 0 Å². The standard InChI is InChI=1S/C20H18O6/c1-11-4-6-13-14(10-18(21)22)20(26-16(13)8-11)19(23)12-5-7-15(24-2)17(9-12)25-3/h4-9H,10H2,1-3H3,(H,21,22). The van der Waals surface area contributed by atoms with Gasteiger partial charge in [0.05, 0.1) is 20.6 Å². The Labute approximate surface area is 149 Å². The van der Waals surface area contributed by atoms with E-state index in [0.29, 0.717) is 33.6 Å². The van der Waals surface area contributed by atoms with Gasteiger partial charge in [0.1, 0.15) is 5.58 Å². The summed E-state index contributed by atoms with van der Waals surface area (Å²) in [5, 5.41) is 9.86. The Balaban J connectivity index is 2.14. The average molecular weight is 354 g/mol. The van der Waals surface area contributed by atoms with Gasteiger partial charge in [-0.2, -0.15) is 0 Å². The number of fused-ring (bicyclic) bond motifs is 1. The predicted molar refractivity (Wildman–Crippen MR) is 95.3 cm³/mol. The van der Waals surface area contributed by atoms with Gasteiger partial charge in [-0.1, -0.05) is 12.1 Å². The van der Waals surface area contributed by atoms with E-state index in [-0.39, 0.29) is 12.2 Å². The van der Waals surface area contributed by atoms with Crippen molar-refractivity contribution in [3.8, 4) is 11.5 Å². The molecule has 0 aliphatic carbocycles. The number of carbonyl (C=O) groups is 2. The Morgan fingerprint density at radius 3 is 2.42 bits per heavy atom. The molecule has 0 bridgehead atoms. The lowest BCUT2D eigenvalue weighted by Gasteiger charge is -2.08. The number of aryl methyl sites for hydroxylation is 1. The van der Waals surface area contributed by atoms with Crippen LogP contribution in [0.4, 0.5) is 0 Å². The van der Waals surface area contributed by atoms with Crippen LogP contribution in [0.1, 0.15) is 27.2 Å². The summed E-state index contributed by atoms with van der Waals surface area (Å²) in [6.45, 7) is 1.90. The summed E-state index contributed by atoms with van der Waals surface area (Å²) in [4.78, 5) is 24.3. The number of ketones is 1. The Kier molecular flexibility index (Phi) is 4.67. The van der Waals surface area contributed by atoms with Gasteiger partial charge < -0.3 is 19.0 Å². The van der Waals surface area contributed by atoms with E-state index in [0.717, 1.165) is 5.56 Å². The average Bonchev–Trinajstić information content (AvgIpc) is 2.97. The third kappa shape index (κ3) is 3.13. The van der Waals surface area contributed by atoms with Gasteiger partial charge in [-0.15, -0.1) is 0 Å². The molecule has 2 aromatic carbocycles. The quantitative estimate of drug-likeness (QED) is 0.681. The number of carboxylic acids is 1. The zero-order valence-corrected chi connectivity index (χ0v) is 14.7. The molecule has 0 aliphatic heterocycles. The topological polar surface area (TPSA) is 86.0 Å². The second kappa shape index (κ2) is 6.92. The highest BCUT2D eigenvalue weighted by molar-refractivity contribution is 6.11. The van der Waals surface area contributed by atoms with Crippen LogP contribution in [-0.2, 0) is 11.2 Å². The molecule has 6 nitrogen and oxygen atoms in total. The van der Waals surface area contributed by atoms with Crippen LogP contribution in [0.3, 0.4) is 0 Å². The number of ether oxygens (including phenoxy) is 2. The molecule has 6 heteroatoms. The minimum absolute atomic E-state index is 0.0280. The molecule has 0 saturated carbocycles. The van der Waals surface area contributed by atoms with E-state index < -0.39 is 11.8 Å². The smallest absolute Gasteiger partial charge is 0.307 e. The fourth-order valence-electron chi connectivity index (χ4n) is 2.88. The number of methoxy groups -OCH3 is 2. The maximum Gasteiger partial charge on any atom is 0.307 e. The number of carbonyl (C=O) groups excluding carboxylic acids is 1. The number of rotatable bonds is 6. The SMILES string of the molecule is COc1ccc(C(=O)c2oc3cc(C)ccc3c2CC(=O)O)cc1OC. The van der Waals surface area contributed by atoms with Crippen molar-refractivity contribution in [2.75, 3.05) is 14.2 Å². The molecular formula is C20H18O6. The van der Waals surface area contributed by atoms with Crippen molar-refractivity contribution in [1.29, 1.82) is 0 Å². The van der Waals surface area contributed by atoms with Crippen LogP contribution in [0.15, 0.2) is 40.8 Å². The minimum Gasteiger partial charge on any atom is -0.493 e. The largest absolute Gasteiger partial charge is 0.493 e. The van der Waals surface area contributed by atoms with Crippen LogP contribution in [0.5, 0.6) is 11.5 Å². The first-order valence-electron chi connectivity index (χ1n) is 7.95. The van der Waals surface area contributed by atoms with E-state index in [2.05, 4.69) is 0 Å². The zero-order chi connectivity index (χ0) is 18.8. The van der Waals surface area contributed by atoms with Crippen molar-refractivity contribution < 1.29 is 28.6 Å². The van der Waals surface area contributed by atoms with Gasteiger partial charge in [-0.25, -0.2) is 0 Å². The minimum atomic E-state index is -1.03. The highest BCUT2D eigenvalue weighted by Gasteiger charge is 2.24. The molecule has 134 valence electrons. The summed E-state index contributed by atoms with van der Waals surface area (Å²) in [6.07, 6.45) is -0.301. The number of furan rings is 1. The molecule has 0 unspecified atom stereocenters. The highest BCUT2D eigenvalue weighted by atomic mass is 16.5. The normalized spacial score (nSPS) is 10.7. The summed E-state index contributed by atoms with van der Waals surface area (Å²) < 4.78 is 16.1. The molecule has 0 aliphatic rings. The monoisotopic (exact) mass is 354 g/mol. The molecule has 3 aromatic rings. The molecule has 0 spiro atoms. The summed E-state index contributed by atoms with van der Waals surface area (Å²) in [7, 11) is 2.98. The van der Waals surface area contributed by atoms with Gasteiger partial charge in [-0.05, 0) is 36.8 Å². The fourth-order valence-corrected chi connectivity index (χ4v) is 2.88. The maximum absolute atomic E-state index is 13.0. The zero-order valence-electron chi connectivity index (χ0n) is 14.7. The van der Waals surface area contributed by atoms with Crippen molar-refractivity contribution in [3.63, 3.8) is 0 Å². The van der Waals surface area contributed by atoms with Gasteiger partial charge in [0, 0.05) is 16.5 Å². The lowest BCUT2D eigenvalue weighted by Crippen LogP contribution is -2.08. The van der Waals surface area contributed by atoms with E-state index in [4.69, 9.17) is 13.9 Å². The molecule has 1 N–H and O–H groups in total. The van der Waals surface area contributed by atoms with Crippen LogP contribution in [0, 0.1) is 6.92 Å². The first-order valence-corrected chi connectivity index (χ1v) is 7.95. The molecule has 1 heterocycles. The van der Waals surface area contributed by atoms with Crippen molar-refractivity contribution in [2.45, 2.75) is 13.3 Å². The Morgan fingerprint density at radius 2 is 1.77 bits per heavy atom. The third-order valence-electron chi connectivity index (χ3n) is 4.13. The molecule has 0 fully saturated rings. The second-order valence-electron chi connectivity index (χ2n) is 5.88. The van der Waals surface area contributed by atoms with Crippen LogP contribution < -0.4 is 9.47 Å². The Bertz CT molecular complexity index is 999. The number of benzene rings is 2. The lowest BCUT2D eigenvalue weighted by molar-refractivity contribution is -0.136. The predicted octanol–water partition coefficient (Wildman–Crippen LogP) is 3.62. The molecule has 0 amide bonds. The van der Waals surface area contributed by atoms with E-state index in [1.54, 1.807) is 30.3 Å². The van der Waals surface area contributed by atoms with Gasteiger partial charge >= 0.3 is 5.97 Å². The fraction of sp³-hybridized carbons (Fsp3) is 0.200. The van der Waals surface area contributed by atoms with Crippen LogP contribution in [0.25, 0.3) is 11.0 Å². The molecular weight excluding hydrogens is 336 g/mol. The molecule has 0 saturated heterocycles. The lowest BCUT2D eigenvalue weighted by atomic mass is 10.0. The molecule has 1 aromatic heterocycles. The number of hydrogen-bond donors (Lipinski definition) is 1. The van der Waals surface area contributed by atoms with Crippen molar-refractivity contribution >= 4 is 22.7 Å². The van der Waals surface area contributed by atoms with Gasteiger partial charge in [-0.3, -0.25) is 9.59 Å². The number of carboxylic acid groups (broad SMARTS) is 1. The van der Waals surface area contributed by atoms with Gasteiger partial charge in [0.15, 0.2) is 17.3 Å². The molecule has 3 rings (SSSR count).